The lowest BCUT2D eigenvalue weighted by molar-refractivity contribution is -0.146. The highest BCUT2D eigenvalue weighted by molar-refractivity contribution is 5.82. The van der Waals surface area contributed by atoms with Gasteiger partial charge in [0.05, 0.1) is 13.2 Å². The van der Waals surface area contributed by atoms with E-state index in [2.05, 4.69) is 0 Å². The zero-order valence-corrected chi connectivity index (χ0v) is 15.3. The quantitative estimate of drug-likeness (QED) is 0.812. The number of para-hydroxylation sites is 1. The fourth-order valence-electron chi connectivity index (χ4n) is 3.77. The maximum absolute atomic E-state index is 13.4. The summed E-state index contributed by atoms with van der Waals surface area (Å²) in [6.45, 7) is 2.66. The topological polar surface area (TPSA) is 48.0 Å². The van der Waals surface area contributed by atoms with Crippen molar-refractivity contribution in [1.29, 1.82) is 0 Å². The number of carbonyl (C=O) groups is 1. The van der Waals surface area contributed by atoms with Gasteiger partial charge in [0.15, 0.2) is 6.29 Å². The minimum atomic E-state index is -0.655. The predicted octanol–water partition coefficient (Wildman–Crippen LogP) is 3.42. The van der Waals surface area contributed by atoms with Gasteiger partial charge in [-0.1, -0.05) is 48.5 Å². The third-order valence-electron chi connectivity index (χ3n) is 5.13. The number of carbonyl (C=O) groups excluding carboxylic acids is 1. The molecule has 0 aliphatic carbocycles. The molecule has 2 heterocycles. The molecular weight excluding hydrogens is 342 g/mol. The molecule has 0 spiro atoms. The van der Waals surface area contributed by atoms with Crippen LogP contribution in [0, 0.1) is 5.92 Å². The van der Waals surface area contributed by atoms with Gasteiger partial charge in [0, 0.05) is 24.6 Å². The summed E-state index contributed by atoms with van der Waals surface area (Å²) >= 11 is 0. The zero-order valence-electron chi connectivity index (χ0n) is 15.3. The van der Waals surface area contributed by atoms with Crippen molar-refractivity contribution < 1.29 is 19.0 Å². The Kier molecular flexibility index (Phi) is 5.70. The normalized spacial score (nSPS) is 21.8. The smallest absolute Gasteiger partial charge is 0.268 e. The SMILES string of the molecule is O=C(C(Oc1ccccc1)c1ccccc1)N1CCCC(C2OCCO2)C1. The van der Waals surface area contributed by atoms with Gasteiger partial charge in [0.1, 0.15) is 5.75 Å². The van der Waals surface area contributed by atoms with Crippen molar-refractivity contribution in [2.45, 2.75) is 25.2 Å². The van der Waals surface area contributed by atoms with Crippen LogP contribution in [-0.2, 0) is 14.3 Å². The van der Waals surface area contributed by atoms with E-state index >= 15 is 0 Å². The molecule has 0 aromatic heterocycles. The van der Waals surface area contributed by atoms with E-state index in [1.54, 1.807) is 0 Å². The molecule has 2 aromatic rings. The summed E-state index contributed by atoms with van der Waals surface area (Å²) in [5.74, 6) is 0.904. The predicted molar refractivity (Wildman–Crippen MR) is 101 cm³/mol. The first-order chi connectivity index (χ1) is 13.3. The highest BCUT2D eigenvalue weighted by atomic mass is 16.7. The molecule has 2 saturated heterocycles. The summed E-state index contributed by atoms with van der Waals surface area (Å²) in [6.07, 6.45) is 1.12. The lowest BCUT2D eigenvalue weighted by Gasteiger charge is -2.36. The van der Waals surface area contributed by atoms with E-state index in [4.69, 9.17) is 14.2 Å². The van der Waals surface area contributed by atoms with Crippen LogP contribution in [0.2, 0.25) is 0 Å². The molecule has 27 heavy (non-hydrogen) atoms. The van der Waals surface area contributed by atoms with Crippen LogP contribution in [0.25, 0.3) is 0 Å². The molecular formula is C22H25NO4. The van der Waals surface area contributed by atoms with Crippen LogP contribution in [0.4, 0.5) is 0 Å². The number of hydrogen-bond acceptors (Lipinski definition) is 4. The molecule has 2 aliphatic heterocycles. The number of ether oxygens (including phenoxy) is 3. The summed E-state index contributed by atoms with van der Waals surface area (Å²) < 4.78 is 17.5. The monoisotopic (exact) mass is 367 g/mol. The van der Waals surface area contributed by atoms with Crippen LogP contribution < -0.4 is 4.74 Å². The molecule has 0 radical (unpaired) electrons. The molecule has 0 saturated carbocycles. The Bertz CT molecular complexity index is 730. The molecule has 2 aliphatic rings. The Hall–Kier alpha value is -2.37. The second-order valence-electron chi connectivity index (χ2n) is 7.02. The molecule has 142 valence electrons. The second kappa shape index (κ2) is 8.55. The minimum Gasteiger partial charge on any atom is -0.476 e. The third kappa shape index (κ3) is 4.31. The molecule has 0 N–H and O–H groups in total. The van der Waals surface area contributed by atoms with E-state index in [1.165, 1.54) is 0 Å². The molecule has 5 nitrogen and oxygen atoms in total. The van der Waals surface area contributed by atoms with Gasteiger partial charge in [0.25, 0.3) is 5.91 Å². The summed E-state index contributed by atoms with van der Waals surface area (Å²) in [6, 6.07) is 19.2. The van der Waals surface area contributed by atoms with Gasteiger partial charge in [-0.05, 0) is 25.0 Å². The summed E-state index contributed by atoms with van der Waals surface area (Å²) in [5.41, 5.74) is 0.863. The Morgan fingerprint density at radius 2 is 1.67 bits per heavy atom. The van der Waals surface area contributed by atoms with E-state index in [-0.39, 0.29) is 18.1 Å². The van der Waals surface area contributed by atoms with E-state index in [0.29, 0.717) is 25.5 Å². The van der Waals surface area contributed by atoms with Crippen molar-refractivity contribution in [2.75, 3.05) is 26.3 Å². The maximum atomic E-state index is 13.4. The van der Waals surface area contributed by atoms with Crippen LogP contribution in [-0.4, -0.2) is 43.4 Å². The summed E-state index contributed by atoms with van der Waals surface area (Å²) in [4.78, 5) is 15.3. The number of likely N-dealkylation sites (tertiary alicyclic amines) is 1. The highest BCUT2D eigenvalue weighted by Crippen LogP contribution is 2.29. The van der Waals surface area contributed by atoms with Crippen molar-refractivity contribution >= 4 is 5.91 Å². The van der Waals surface area contributed by atoms with E-state index in [9.17, 15) is 4.79 Å². The van der Waals surface area contributed by atoms with Crippen molar-refractivity contribution in [3.8, 4) is 5.75 Å². The fourth-order valence-corrected chi connectivity index (χ4v) is 3.77. The summed E-state index contributed by atoms with van der Waals surface area (Å²) in [5, 5.41) is 0. The number of piperidine rings is 1. The van der Waals surface area contributed by atoms with Crippen molar-refractivity contribution in [2.24, 2.45) is 5.92 Å². The highest BCUT2D eigenvalue weighted by Gasteiger charge is 2.36. The van der Waals surface area contributed by atoms with E-state index in [1.807, 2.05) is 65.6 Å². The molecule has 2 atom stereocenters. The average molecular weight is 367 g/mol. The number of rotatable bonds is 5. The number of nitrogens with zero attached hydrogens (tertiary/aromatic N) is 1. The van der Waals surface area contributed by atoms with Crippen molar-refractivity contribution in [3.63, 3.8) is 0 Å². The Labute approximate surface area is 159 Å². The van der Waals surface area contributed by atoms with E-state index < -0.39 is 6.10 Å². The minimum absolute atomic E-state index is 0.00671. The Balaban J connectivity index is 1.52. The molecule has 4 rings (SSSR count). The Morgan fingerprint density at radius 1 is 1.00 bits per heavy atom. The molecule has 2 unspecified atom stereocenters. The first-order valence-corrected chi connectivity index (χ1v) is 9.60. The Morgan fingerprint density at radius 3 is 2.37 bits per heavy atom. The lowest BCUT2D eigenvalue weighted by Crippen LogP contribution is -2.46. The molecule has 0 bridgehead atoms. The van der Waals surface area contributed by atoms with Gasteiger partial charge < -0.3 is 19.1 Å². The zero-order chi connectivity index (χ0) is 18.5. The largest absolute Gasteiger partial charge is 0.476 e. The van der Waals surface area contributed by atoms with Crippen molar-refractivity contribution in [3.05, 3.63) is 66.2 Å². The maximum Gasteiger partial charge on any atom is 0.268 e. The number of amides is 1. The van der Waals surface area contributed by atoms with Crippen LogP contribution in [0.3, 0.4) is 0 Å². The van der Waals surface area contributed by atoms with E-state index in [0.717, 1.165) is 24.9 Å². The lowest BCUT2D eigenvalue weighted by atomic mass is 9.96. The second-order valence-corrected chi connectivity index (χ2v) is 7.02. The fraction of sp³-hybridized carbons (Fsp3) is 0.409. The van der Waals surface area contributed by atoms with Crippen LogP contribution >= 0.6 is 0 Å². The van der Waals surface area contributed by atoms with Gasteiger partial charge in [0.2, 0.25) is 6.10 Å². The van der Waals surface area contributed by atoms with Gasteiger partial charge in [-0.15, -0.1) is 0 Å². The van der Waals surface area contributed by atoms with Crippen molar-refractivity contribution in [1.82, 2.24) is 4.90 Å². The standard InChI is InChI=1S/C22H25NO4/c24-21(23-13-7-10-18(16-23)22-25-14-15-26-22)20(17-8-3-1-4-9-17)27-19-11-5-2-6-12-19/h1-6,8-9,11-12,18,20,22H,7,10,13-16H2. The van der Waals surface area contributed by atoms with Crippen LogP contribution in [0.15, 0.2) is 60.7 Å². The van der Waals surface area contributed by atoms with Gasteiger partial charge in [-0.2, -0.15) is 0 Å². The molecule has 5 heteroatoms. The van der Waals surface area contributed by atoms with Gasteiger partial charge in [-0.3, -0.25) is 4.79 Å². The molecule has 2 aromatic carbocycles. The van der Waals surface area contributed by atoms with Crippen LogP contribution in [0.1, 0.15) is 24.5 Å². The number of benzene rings is 2. The van der Waals surface area contributed by atoms with Gasteiger partial charge >= 0.3 is 0 Å². The van der Waals surface area contributed by atoms with Gasteiger partial charge in [-0.25, -0.2) is 0 Å². The molecule has 2 fully saturated rings. The third-order valence-corrected chi connectivity index (χ3v) is 5.13. The number of hydrogen-bond donors (Lipinski definition) is 0. The average Bonchev–Trinajstić information content (AvgIpc) is 3.28. The first-order valence-electron chi connectivity index (χ1n) is 9.60. The first kappa shape index (κ1) is 18.0. The summed E-state index contributed by atoms with van der Waals surface area (Å²) in [7, 11) is 0. The van der Waals surface area contributed by atoms with Crippen LogP contribution in [0.5, 0.6) is 5.75 Å². The molecule has 1 amide bonds.